The van der Waals surface area contributed by atoms with Crippen molar-refractivity contribution in [2.75, 3.05) is 5.32 Å². The van der Waals surface area contributed by atoms with Gasteiger partial charge in [-0.3, -0.25) is 4.79 Å². The summed E-state index contributed by atoms with van der Waals surface area (Å²) in [5.41, 5.74) is -3.53. The fourth-order valence-corrected chi connectivity index (χ4v) is 1.83. The molecule has 0 unspecified atom stereocenters. The number of carbonyl (C=O) groups is 1. The lowest BCUT2D eigenvalue weighted by Gasteiger charge is -2.17. The van der Waals surface area contributed by atoms with Gasteiger partial charge < -0.3 is 10.4 Å². The molecule has 0 fully saturated rings. The highest BCUT2D eigenvalue weighted by Crippen LogP contribution is 2.33. The van der Waals surface area contributed by atoms with Gasteiger partial charge in [0.2, 0.25) is 0 Å². The van der Waals surface area contributed by atoms with E-state index in [9.17, 15) is 27.5 Å². The van der Waals surface area contributed by atoms with E-state index >= 15 is 0 Å². The number of aliphatic hydroxyl groups is 1. The summed E-state index contributed by atoms with van der Waals surface area (Å²) in [5, 5.41) is 20.1. The number of nitriles is 1. The second kappa shape index (κ2) is 8.88. The lowest BCUT2D eigenvalue weighted by molar-refractivity contribution is -0.137. The molecule has 0 aliphatic rings. The fourth-order valence-electron chi connectivity index (χ4n) is 1.68. The van der Waals surface area contributed by atoms with Crippen LogP contribution in [-0.2, 0) is 11.0 Å². The first-order chi connectivity index (χ1) is 12.3. The summed E-state index contributed by atoms with van der Waals surface area (Å²) in [5.74, 6) is -1.06. The lowest BCUT2D eigenvalue weighted by atomic mass is 10.1. The average Bonchev–Trinajstić information content (AvgIpc) is 2.56. The SMILES string of the molecule is CC(C)(O)C(=O)Nc1ccc(C#N)c(C(F)(F)F)c1.Fc1ccc(S)cc1. The van der Waals surface area contributed by atoms with Crippen LogP contribution in [0.3, 0.4) is 0 Å². The third-order valence-corrected chi connectivity index (χ3v) is 3.38. The van der Waals surface area contributed by atoms with Crippen molar-refractivity contribution in [1.29, 1.82) is 5.26 Å². The molecule has 2 N–H and O–H groups in total. The second-order valence-corrected chi connectivity index (χ2v) is 6.38. The van der Waals surface area contributed by atoms with Gasteiger partial charge in [0, 0.05) is 10.6 Å². The van der Waals surface area contributed by atoms with Gasteiger partial charge in [-0.15, -0.1) is 12.6 Å². The maximum atomic E-state index is 12.7. The Labute approximate surface area is 158 Å². The van der Waals surface area contributed by atoms with E-state index in [1.54, 1.807) is 12.1 Å². The molecule has 144 valence electrons. The number of nitrogens with one attached hydrogen (secondary N) is 1. The molecular formula is C18H16F4N2O2S. The van der Waals surface area contributed by atoms with E-state index in [1.165, 1.54) is 32.0 Å². The molecule has 2 aromatic rings. The maximum Gasteiger partial charge on any atom is 0.417 e. The largest absolute Gasteiger partial charge is 0.417 e. The number of thiol groups is 1. The van der Waals surface area contributed by atoms with Crippen molar-refractivity contribution < 1.29 is 27.5 Å². The van der Waals surface area contributed by atoms with Crippen LogP contribution in [0.4, 0.5) is 23.2 Å². The summed E-state index contributed by atoms with van der Waals surface area (Å²) in [7, 11) is 0. The zero-order valence-corrected chi connectivity index (χ0v) is 15.2. The molecule has 0 bridgehead atoms. The van der Waals surface area contributed by atoms with Gasteiger partial charge >= 0.3 is 6.18 Å². The Morgan fingerprint density at radius 1 is 1.15 bits per heavy atom. The van der Waals surface area contributed by atoms with Gasteiger partial charge in [-0.2, -0.15) is 18.4 Å². The molecule has 9 heteroatoms. The zero-order chi connectivity index (χ0) is 20.8. The highest BCUT2D eigenvalue weighted by atomic mass is 32.1. The number of halogens is 4. The van der Waals surface area contributed by atoms with Gasteiger partial charge in [-0.05, 0) is 56.3 Å². The summed E-state index contributed by atoms with van der Waals surface area (Å²) in [6, 6.07) is 10.2. The van der Waals surface area contributed by atoms with Gasteiger partial charge in [0.05, 0.1) is 17.2 Å². The molecule has 0 saturated carbocycles. The van der Waals surface area contributed by atoms with Crippen molar-refractivity contribution >= 4 is 24.2 Å². The molecule has 2 rings (SSSR count). The summed E-state index contributed by atoms with van der Waals surface area (Å²) in [6.45, 7) is 2.41. The van der Waals surface area contributed by atoms with Gasteiger partial charge in [-0.1, -0.05) is 0 Å². The molecule has 2 aromatic carbocycles. The Morgan fingerprint density at radius 3 is 2.11 bits per heavy atom. The molecule has 4 nitrogen and oxygen atoms in total. The molecule has 0 heterocycles. The number of alkyl halides is 3. The van der Waals surface area contributed by atoms with E-state index in [0.29, 0.717) is 6.07 Å². The molecule has 0 aliphatic heterocycles. The molecule has 0 saturated heterocycles. The zero-order valence-electron chi connectivity index (χ0n) is 14.3. The first-order valence-corrected chi connectivity index (χ1v) is 7.89. The molecule has 0 atom stereocenters. The predicted octanol–water partition coefficient (Wildman–Crippen LogP) is 4.40. The van der Waals surface area contributed by atoms with E-state index in [-0.39, 0.29) is 11.5 Å². The van der Waals surface area contributed by atoms with Crippen LogP contribution >= 0.6 is 12.6 Å². The summed E-state index contributed by atoms with van der Waals surface area (Å²) in [6.07, 6.45) is -4.69. The molecule has 27 heavy (non-hydrogen) atoms. The van der Waals surface area contributed by atoms with Gasteiger partial charge in [-0.25, -0.2) is 4.39 Å². The van der Waals surface area contributed by atoms with Gasteiger partial charge in [0.1, 0.15) is 11.4 Å². The number of carbonyl (C=O) groups excluding carboxylic acids is 1. The normalized spacial score (nSPS) is 11.1. The number of hydrogen-bond donors (Lipinski definition) is 3. The number of anilines is 1. The minimum atomic E-state index is -4.69. The van der Waals surface area contributed by atoms with Crippen LogP contribution in [0.25, 0.3) is 0 Å². The van der Waals surface area contributed by atoms with Gasteiger partial charge in [0.25, 0.3) is 5.91 Å². The summed E-state index contributed by atoms with van der Waals surface area (Å²) >= 11 is 3.97. The Balaban J connectivity index is 0.000000377. The smallest absolute Gasteiger partial charge is 0.381 e. The highest BCUT2D eigenvalue weighted by molar-refractivity contribution is 7.80. The Bertz CT molecular complexity index is 817. The fraction of sp³-hybridized carbons (Fsp3) is 0.222. The first kappa shape index (κ1) is 22.5. The molecule has 0 radical (unpaired) electrons. The summed E-state index contributed by atoms with van der Waals surface area (Å²) < 4.78 is 50.1. The van der Waals surface area contributed by atoms with Crippen LogP contribution in [0, 0.1) is 17.1 Å². The van der Waals surface area contributed by atoms with Crippen LogP contribution < -0.4 is 5.32 Å². The van der Waals surface area contributed by atoms with Crippen LogP contribution in [0.15, 0.2) is 47.4 Å². The summed E-state index contributed by atoms with van der Waals surface area (Å²) in [4.78, 5) is 12.2. The number of hydrogen-bond acceptors (Lipinski definition) is 4. The average molecular weight is 400 g/mol. The van der Waals surface area contributed by atoms with Crippen molar-refractivity contribution in [2.45, 2.75) is 30.5 Å². The molecule has 0 aliphatic carbocycles. The van der Waals surface area contributed by atoms with Crippen molar-refractivity contribution in [3.63, 3.8) is 0 Å². The topological polar surface area (TPSA) is 73.1 Å². The number of amides is 1. The maximum absolute atomic E-state index is 12.7. The van der Waals surface area contributed by atoms with Crippen LogP contribution in [0.1, 0.15) is 25.0 Å². The van der Waals surface area contributed by atoms with Gasteiger partial charge in [0.15, 0.2) is 0 Å². The number of benzene rings is 2. The monoisotopic (exact) mass is 400 g/mol. The third kappa shape index (κ3) is 7.29. The Morgan fingerprint density at radius 2 is 1.70 bits per heavy atom. The second-order valence-electron chi connectivity index (χ2n) is 5.86. The minimum Gasteiger partial charge on any atom is -0.381 e. The van der Waals surface area contributed by atoms with Crippen molar-refractivity contribution in [3.05, 3.63) is 59.4 Å². The standard InChI is InChI=1S/C12H11F3N2O2.C6H5FS/c1-11(2,19)10(18)17-8-4-3-7(6-16)9(5-8)12(13,14)15;7-5-1-3-6(8)4-2-5/h3-5,19H,1-2H3,(H,17,18);1-4,8H. The van der Waals surface area contributed by atoms with Crippen molar-refractivity contribution in [3.8, 4) is 6.07 Å². The van der Waals surface area contributed by atoms with E-state index in [0.717, 1.165) is 17.0 Å². The molecular weight excluding hydrogens is 384 g/mol. The van der Waals surface area contributed by atoms with E-state index < -0.39 is 28.8 Å². The number of nitrogens with zero attached hydrogens (tertiary/aromatic N) is 1. The quantitative estimate of drug-likeness (QED) is 0.517. The molecule has 0 aromatic heterocycles. The Hall–Kier alpha value is -2.57. The molecule has 0 spiro atoms. The van der Waals surface area contributed by atoms with E-state index in [4.69, 9.17) is 5.26 Å². The minimum absolute atomic E-state index is 0.140. The number of rotatable bonds is 2. The van der Waals surface area contributed by atoms with E-state index in [1.807, 2.05) is 0 Å². The van der Waals surface area contributed by atoms with E-state index in [2.05, 4.69) is 17.9 Å². The van der Waals surface area contributed by atoms with Crippen LogP contribution in [0.5, 0.6) is 0 Å². The van der Waals surface area contributed by atoms with Crippen molar-refractivity contribution in [1.82, 2.24) is 0 Å². The van der Waals surface area contributed by atoms with Crippen LogP contribution in [-0.4, -0.2) is 16.6 Å². The predicted molar refractivity (Wildman–Crippen MR) is 94.7 cm³/mol. The van der Waals surface area contributed by atoms with Crippen molar-refractivity contribution in [2.24, 2.45) is 0 Å². The third-order valence-electron chi connectivity index (χ3n) is 3.09. The first-order valence-electron chi connectivity index (χ1n) is 7.44. The highest BCUT2D eigenvalue weighted by Gasteiger charge is 2.34. The lowest BCUT2D eigenvalue weighted by Crippen LogP contribution is -2.36. The molecule has 1 amide bonds. The Kier molecular flexibility index (Phi) is 7.39. The van der Waals surface area contributed by atoms with Crippen LogP contribution in [0.2, 0.25) is 0 Å².